The number of nitrogens with zero attached hydrogens (tertiary/aromatic N) is 2. The molecule has 3 aromatic heterocycles. The van der Waals surface area contributed by atoms with E-state index in [1.165, 1.54) is 19.3 Å². The van der Waals surface area contributed by atoms with Crippen molar-refractivity contribution >= 4 is 39.6 Å². The number of carbonyl (C=O) groups excluding carboxylic acids is 1. The lowest BCUT2D eigenvalue weighted by molar-refractivity contribution is 0.0910. The zero-order chi connectivity index (χ0) is 20.5. The van der Waals surface area contributed by atoms with Crippen molar-refractivity contribution in [2.75, 3.05) is 0 Å². The van der Waals surface area contributed by atoms with Gasteiger partial charge in [-0.25, -0.2) is 9.97 Å². The summed E-state index contributed by atoms with van der Waals surface area (Å²) < 4.78 is 0. The molecule has 2 atom stereocenters. The van der Waals surface area contributed by atoms with E-state index in [9.17, 15) is 4.79 Å². The molecule has 3 heterocycles. The van der Waals surface area contributed by atoms with E-state index in [4.69, 9.17) is 9.97 Å². The Balaban J connectivity index is 1.53. The molecule has 1 aliphatic rings. The van der Waals surface area contributed by atoms with Gasteiger partial charge in [-0.05, 0) is 59.9 Å². The molecule has 30 heavy (non-hydrogen) atoms. The van der Waals surface area contributed by atoms with Crippen LogP contribution in [0.3, 0.4) is 0 Å². The highest BCUT2D eigenvalue weighted by molar-refractivity contribution is 7.14. The summed E-state index contributed by atoms with van der Waals surface area (Å²) in [6.45, 7) is 2.23. The number of amides is 1. The van der Waals surface area contributed by atoms with Crippen molar-refractivity contribution in [1.29, 1.82) is 0 Å². The maximum Gasteiger partial charge on any atom is 0.251 e. The Morgan fingerprint density at radius 2 is 1.60 bits per heavy atom. The second-order valence-corrected chi connectivity index (χ2v) is 9.82. The van der Waals surface area contributed by atoms with Gasteiger partial charge in [-0.2, -0.15) is 0 Å². The molecule has 0 saturated heterocycles. The van der Waals surface area contributed by atoms with Gasteiger partial charge in [0.05, 0.1) is 20.8 Å². The Hall–Kier alpha value is -2.57. The maximum absolute atomic E-state index is 12.9. The van der Waals surface area contributed by atoms with Gasteiger partial charge in [0.2, 0.25) is 0 Å². The molecule has 4 nitrogen and oxygen atoms in total. The molecular formula is C24H23N3OS2. The van der Waals surface area contributed by atoms with E-state index in [2.05, 4.69) is 35.1 Å². The minimum Gasteiger partial charge on any atom is -0.349 e. The van der Waals surface area contributed by atoms with Gasteiger partial charge in [-0.3, -0.25) is 4.79 Å². The lowest BCUT2D eigenvalue weighted by atomic mass is 9.86. The third-order valence-corrected chi connectivity index (χ3v) is 7.62. The zero-order valence-corrected chi connectivity index (χ0v) is 18.4. The molecule has 4 aromatic rings. The van der Waals surface area contributed by atoms with E-state index in [1.807, 2.05) is 30.3 Å². The fourth-order valence-electron chi connectivity index (χ4n) is 4.15. The summed E-state index contributed by atoms with van der Waals surface area (Å²) >= 11 is 3.31. The number of nitrogens with one attached hydrogen (secondary N) is 1. The normalized spacial score (nSPS) is 19.1. The molecule has 0 spiro atoms. The molecule has 1 fully saturated rings. The molecule has 0 aliphatic heterocycles. The molecule has 1 amide bonds. The Morgan fingerprint density at radius 3 is 2.23 bits per heavy atom. The number of thiophene rings is 2. The second kappa shape index (κ2) is 8.28. The number of benzene rings is 1. The van der Waals surface area contributed by atoms with Crippen molar-refractivity contribution in [3.8, 4) is 21.1 Å². The Bertz CT molecular complexity index is 1170. The van der Waals surface area contributed by atoms with Crippen LogP contribution in [0.1, 0.15) is 43.0 Å². The largest absolute Gasteiger partial charge is 0.349 e. The van der Waals surface area contributed by atoms with Gasteiger partial charge in [0, 0.05) is 11.6 Å². The molecule has 0 bridgehead atoms. The topological polar surface area (TPSA) is 54.9 Å². The Labute approximate surface area is 184 Å². The number of aromatic nitrogens is 2. The molecule has 0 radical (unpaired) electrons. The smallest absolute Gasteiger partial charge is 0.251 e. The van der Waals surface area contributed by atoms with Gasteiger partial charge < -0.3 is 5.32 Å². The molecule has 1 saturated carbocycles. The molecule has 1 N–H and O–H groups in total. The fraction of sp³-hybridized carbons (Fsp3) is 0.292. The van der Waals surface area contributed by atoms with Crippen LogP contribution in [0.25, 0.3) is 32.2 Å². The van der Waals surface area contributed by atoms with Gasteiger partial charge in [-0.1, -0.05) is 31.9 Å². The van der Waals surface area contributed by atoms with Gasteiger partial charge in [0.25, 0.3) is 5.91 Å². The Kier molecular flexibility index (Phi) is 5.35. The first-order valence-corrected chi connectivity index (χ1v) is 12.2. The quantitative estimate of drug-likeness (QED) is 0.405. The second-order valence-electron chi connectivity index (χ2n) is 7.92. The minimum atomic E-state index is -0.0162. The van der Waals surface area contributed by atoms with E-state index in [-0.39, 0.29) is 11.9 Å². The molecule has 0 unspecified atom stereocenters. The highest BCUT2D eigenvalue weighted by Crippen LogP contribution is 2.35. The van der Waals surface area contributed by atoms with Crippen LogP contribution in [0.2, 0.25) is 0 Å². The van der Waals surface area contributed by atoms with Crippen LogP contribution in [0, 0.1) is 5.92 Å². The van der Waals surface area contributed by atoms with Crippen molar-refractivity contribution in [1.82, 2.24) is 15.3 Å². The zero-order valence-electron chi connectivity index (χ0n) is 16.8. The number of rotatable bonds is 4. The van der Waals surface area contributed by atoms with E-state index in [0.29, 0.717) is 11.5 Å². The van der Waals surface area contributed by atoms with Crippen molar-refractivity contribution in [2.24, 2.45) is 5.92 Å². The van der Waals surface area contributed by atoms with E-state index < -0.39 is 0 Å². The first-order chi connectivity index (χ1) is 14.7. The van der Waals surface area contributed by atoms with Crippen molar-refractivity contribution in [3.63, 3.8) is 0 Å². The summed E-state index contributed by atoms with van der Waals surface area (Å²) in [6, 6.07) is 14.1. The molecule has 5 rings (SSSR count). The lowest BCUT2D eigenvalue weighted by Gasteiger charge is -2.29. The van der Waals surface area contributed by atoms with E-state index in [0.717, 1.165) is 38.6 Å². The third kappa shape index (κ3) is 3.77. The SMILES string of the molecule is C[C@H]1CCCC[C@H]1NC(=O)c1ccc2nc(-c3cccs3)c(-c3cccs3)nc2c1. The molecular weight excluding hydrogens is 410 g/mol. The number of hydrogen-bond donors (Lipinski definition) is 1. The highest BCUT2D eigenvalue weighted by Gasteiger charge is 2.23. The summed E-state index contributed by atoms with van der Waals surface area (Å²) in [4.78, 5) is 25.0. The summed E-state index contributed by atoms with van der Waals surface area (Å²) in [7, 11) is 0. The summed E-state index contributed by atoms with van der Waals surface area (Å²) in [5.41, 5.74) is 3.98. The molecule has 152 valence electrons. The van der Waals surface area contributed by atoms with Crippen molar-refractivity contribution < 1.29 is 4.79 Å². The van der Waals surface area contributed by atoms with Crippen LogP contribution in [0.5, 0.6) is 0 Å². The van der Waals surface area contributed by atoms with Gasteiger partial charge in [-0.15, -0.1) is 22.7 Å². The number of hydrogen-bond acceptors (Lipinski definition) is 5. The number of carbonyl (C=O) groups is 1. The average Bonchev–Trinajstić information content (AvgIpc) is 3.48. The Morgan fingerprint density at radius 1 is 0.933 bits per heavy atom. The third-order valence-electron chi connectivity index (χ3n) is 5.86. The van der Waals surface area contributed by atoms with Gasteiger partial charge in [0.1, 0.15) is 11.4 Å². The lowest BCUT2D eigenvalue weighted by Crippen LogP contribution is -2.41. The predicted octanol–water partition coefficient (Wildman–Crippen LogP) is 6.40. The van der Waals surface area contributed by atoms with E-state index >= 15 is 0 Å². The standard InChI is InChI=1S/C24H23N3OS2/c1-15-6-2-3-7-17(15)27-24(28)16-10-11-18-19(14-16)26-23(21-9-5-13-30-21)22(25-18)20-8-4-12-29-20/h4-5,8-15,17H,2-3,6-7H2,1H3,(H,27,28)/t15-,17+/m0/s1. The first kappa shape index (κ1) is 19.4. The summed E-state index contributed by atoms with van der Waals surface area (Å²) in [6.07, 6.45) is 4.70. The minimum absolute atomic E-state index is 0.0162. The van der Waals surface area contributed by atoms with Crippen LogP contribution < -0.4 is 5.32 Å². The molecule has 6 heteroatoms. The summed E-state index contributed by atoms with van der Waals surface area (Å²) in [5.74, 6) is 0.513. The molecule has 1 aromatic carbocycles. The maximum atomic E-state index is 12.9. The van der Waals surface area contributed by atoms with Crippen LogP contribution in [0.15, 0.2) is 53.2 Å². The van der Waals surface area contributed by atoms with Crippen molar-refractivity contribution in [2.45, 2.75) is 38.6 Å². The molecule has 1 aliphatic carbocycles. The van der Waals surface area contributed by atoms with E-state index in [1.54, 1.807) is 22.7 Å². The predicted molar refractivity (Wildman–Crippen MR) is 125 cm³/mol. The summed E-state index contributed by atoms with van der Waals surface area (Å²) in [5, 5.41) is 7.35. The van der Waals surface area contributed by atoms with Crippen molar-refractivity contribution in [3.05, 3.63) is 58.8 Å². The van der Waals surface area contributed by atoms with Crippen LogP contribution in [-0.2, 0) is 0 Å². The monoisotopic (exact) mass is 433 g/mol. The highest BCUT2D eigenvalue weighted by atomic mass is 32.1. The van der Waals surface area contributed by atoms with Crippen LogP contribution in [0.4, 0.5) is 0 Å². The first-order valence-electron chi connectivity index (χ1n) is 10.4. The fourth-order valence-corrected chi connectivity index (χ4v) is 5.58. The van der Waals surface area contributed by atoms with Crippen LogP contribution in [-0.4, -0.2) is 21.9 Å². The number of fused-ring (bicyclic) bond motifs is 1. The van der Waals surface area contributed by atoms with Crippen LogP contribution >= 0.6 is 22.7 Å². The average molecular weight is 434 g/mol. The van der Waals surface area contributed by atoms with Gasteiger partial charge >= 0.3 is 0 Å². The van der Waals surface area contributed by atoms with Gasteiger partial charge in [0.15, 0.2) is 0 Å².